The number of hydrogen-bond acceptors (Lipinski definition) is 5. The number of hydrazone groups is 1. The SMILES string of the molecule is CC1(C)C(N(O)C(=O)Nc2cccc(Cl)c2)N(c2cccc(Cl)c2)C(=O)N1CCCCC(=O)N/N=C/c1ccc(F)cc1. The molecular weight excluding hydrogens is 598 g/mol. The van der Waals surface area contributed by atoms with Crippen LogP contribution in [0.4, 0.5) is 25.4 Å². The van der Waals surface area contributed by atoms with Crippen LogP contribution in [0, 0.1) is 5.82 Å². The Morgan fingerprint density at radius 1 is 1.05 bits per heavy atom. The number of amides is 5. The van der Waals surface area contributed by atoms with Crippen LogP contribution in [0.2, 0.25) is 10.0 Å². The molecule has 1 atom stereocenters. The highest BCUT2D eigenvalue weighted by atomic mass is 35.5. The fourth-order valence-corrected chi connectivity index (χ4v) is 5.18. The largest absolute Gasteiger partial charge is 0.347 e. The summed E-state index contributed by atoms with van der Waals surface area (Å²) in [7, 11) is 0. The number of nitrogens with zero attached hydrogens (tertiary/aromatic N) is 4. The van der Waals surface area contributed by atoms with Crippen LogP contribution in [-0.4, -0.2) is 57.6 Å². The second-order valence-electron chi connectivity index (χ2n) is 10.4. The molecule has 0 saturated carbocycles. The molecule has 1 saturated heterocycles. The molecule has 0 aromatic heterocycles. The molecule has 226 valence electrons. The van der Waals surface area contributed by atoms with Crippen molar-refractivity contribution in [1.29, 1.82) is 0 Å². The van der Waals surface area contributed by atoms with E-state index in [1.54, 1.807) is 61.2 Å². The van der Waals surface area contributed by atoms with Gasteiger partial charge in [-0.2, -0.15) is 10.2 Å². The zero-order valence-corrected chi connectivity index (χ0v) is 25.0. The number of rotatable bonds is 10. The highest BCUT2D eigenvalue weighted by Crippen LogP contribution is 2.39. The van der Waals surface area contributed by atoms with Crippen molar-refractivity contribution in [3.63, 3.8) is 0 Å². The maximum absolute atomic E-state index is 13.8. The third kappa shape index (κ3) is 7.81. The number of unbranched alkanes of at least 4 members (excludes halogenated alkanes) is 1. The second-order valence-corrected chi connectivity index (χ2v) is 11.3. The molecule has 0 bridgehead atoms. The molecule has 1 unspecified atom stereocenters. The maximum Gasteiger partial charge on any atom is 0.347 e. The van der Waals surface area contributed by atoms with Gasteiger partial charge in [-0.1, -0.05) is 47.5 Å². The topological polar surface area (TPSA) is 118 Å². The predicted molar refractivity (Wildman–Crippen MR) is 164 cm³/mol. The molecular formula is C30H31Cl2FN6O4. The van der Waals surface area contributed by atoms with E-state index in [0.717, 1.165) is 0 Å². The van der Waals surface area contributed by atoms with Crippen LogP contribution < -0.4 is 15.6 Å². The number of urea groups is 2. The summed E-state index contributed by atoms with van der Waals surface area (Å²) >= 11 is 12.2. The van der Waals surface area contributed by atoms with E-state index in [9.17, 15) is 24.0 Å². The van der Waals surface area contributed by atoms with Crippen molar-refractivity contribution >= 4 is 58.8 Å². The van der Waals surface area contributed by atoms with Gasteiger partial charge in [0.25, 0.3) is 0 Å². The van der Waals surface area contributed by atoms with Gasteiger partial charge in [-0.25, -0.2) is 19.4 Å². The van der Waals surface area contributed by atoms with Gasteiger partial charge in [0.2, 0.25) is 5.91 Å². The molecule has 1 aliphatic heterocycles. The van der Waals surface area contributed by atoms with Gasteiger partial charge in [-0.3, -0.25) is 14.9 Å². The minimum atomic E-state index is -1.14. The van der Waals surface area contributed by atoms with Crippen molar-refractivity contribution in [2.75, 3.05) is 16.8 Å². The molecule has 4 rings (SSSR count). The Bertz CT molecular complexity index is 1500. The van der Waals surface area contributed by atoms with Gasteiger partial charge in [-0.15, -0.1) is 0 Å². The lowest BCUT2D eigenvalue weighted by atomic mass is 9.99. The molecule has 3 aromatic carbocycles. The van der Waals surface area contributed by atoms with E-state index in [0.29, 0.717) is 44.9 Å². The van der Waals surface area contributed by atoms with Crippen molar-refractivity contribution in [2.45, 2.75) is 44.8 Å². The Morgan fingerprint density at radius 2 is 1.72 bits per heavy atom. The Labute approximate surface area is 258 Å². The van der Waals surface area contributed by atoms with Crippen molar-refractivity contribution in [3.05, 3.63) is 94.2 Å². The molecule has 3 aromatic rings. The van der Waals surface area contributed by atoms with E-state index in [2.05, 4.69) is 15.8 Å². The lowest BCUT2D eigenvalue weighted by Crippen LogP contribution is -2.58. The van der Waals surface area contributed by atoms with Crippen LogP contribution in [0.25, 0.3) is 0 Å². The van der Waals surface area contributed by atoms with Gasteiger partial charge < -0.3 is 10.2 Å². The Morgan fingerprint density at radius 3 is 2.40 bits per heavy atom. The van der Waals surface area contributed by atoms with Crippen LogP contribution in [0.3, 0.4) is 0 Å². The number of nitrogens with one attached hydrogen (secondary N) is 2. The minimum Gasteiger partial charge on any atom is -0.315 e. The van der Waals surface area contributed by atoms with Gasteiger partial charge in [0.15, 0.2) is 6.17 Å². The van der Waals surface area contributed by atoms with Crippen molar-refractivity contribution in [2.24, 2.45) is 5.10 Å². The van der Waals surface area contributed by atoms with Gasteiger partial charge >= 0.3 is 12.1 Å². The number of hydroxylamine groups is 2. The normalized spacial score (nSPS) is 16.0. The van der Waals surface area contributed by atoms with Crippen LogP contribution in [0.5, 0.6) is 0 Å². The molecule has 43 heavy (non-hydrogen) atoms. The molecule has 1 heterocycles. The molecule has 1 aliphatic rings. The zero-order chi connectivity index (χ0) is 31.1. The third-order valence-electron chi connectivity index (χ3n) is 6.92. The molecule has 3 N–H and O–H groups in total. The van der Waals surface area contributed by atoms with E-state index >= 15 is 0 Å². The number of halogens is 3. The fourth-order valence-electron chi connectivity index (χ4n) is 4.80. The van der Waals surface area contributed by atoms with Gasteiger partial charge in [0, 0.05) is 34.4 Å². The molecule has 13 heteroatoms. The quantitative estimate of drug-likeness (QED) is 0.0999. The Kier molecular flexibility index (Phi) is 10.2. The molecule has 10 nitrogen and oxygen atoms in total. The monoisotopic (exact) mass is 628 g/mol. The van der Waals surface area contributed by atoms with E-state index in [1.165, 1.54) is 41.4 Å². The standard InChI is InChI=1S/C30H31Cl2FN6O4/c1-30(2)27(39(43)28(41)35-24-9-5-7-21(31)17-24)38(25-10-6-8-22(32)18-25)29(42)37(30)16-4-3-11-26(40)36-34-19-20-12-14-23(33)15-13-20/h5-10,12-15,17-19,27,43H,3-4,11,16H2,1-2H3,(H,35,41)(H,36,40)/b34-19+. The fraction of sp³-hybridized carbons (Fsp3) is 0.267. The van der Waals surface area contributed by atoms with Gasteiger partial charge in [0.05, 0.1) is 11.8 Å². The number of anilines is 2. The van der Waals surface area contributed by atoms with Gasteiger partial charge in [0.1, 0.15) is 5.82 Å². The van der Waals surface area contributed by atoms with Gasteiger partial charge in [-0.05, 0) is 80.8 Å². The Balaban J connectivity index is 1.43. The van der Waals surface area contributed by atoms with Crippen LogP contribution in [0.1, 0.15) is 38.7 Å². The van der Waals surface area contributed by atoms with E-state index < -0.39 is 23.8 Å². The summed E-state index contributed by atoms with van der Waals surface area (Å²) in [6.45, 7) is 3.73. The number of benzene rings is 3. The highest BCUT2D eigenvalue weighted by molar-refractivity contribution is 6.31. The van der Waals surface area contributed by atoms with E-state index in [-0.39, 0.29) is 24.7 Å². The van der Waals surface area contributed by atoms with Crippen molar-refractivity contribution in [1.82, 2.24) is 15.4 Å². The molecule has 5 amide bonds. The predicted octanol–water partition coefficient (Wildman–Crippen LogP) is 6.72. The first-order valence-electron chi connectivity index (χ1n) is 13.5. The van der Waals surface area contributed by atoms with Crippen LogP contribution >= 0.6 is 23.2 Å². The average molecular weight is 630 g/mol. The van der Waals surface area contributed by atoms with Crippen molar-refractivity contribution < 1.29 is 24.0 Å². The maximum atomic E-state index is 13.8. The van der Waals surface area contributed by atoms with E-state index in [1.807, 2.05) is 0 Å². The number of hydrogen-bond donors (Lipinski definition) is 3. The summed E-state index contributed by atoms with van der Waals surface area (Å²) in [5.41, 5.74) is 2.76. The molecule has 1 fully saturated rings. The third-order valence-corrected chi connectivity index (χ3v) is 7.39. The minimum absolute atomic E-state index is 0.152. The molecule has 0 aliphatic carbocycles. The Hall–Kier alpha value is -4.19. The molecule has 0 radical (unpaired) electrons. The summed E-state index contributed by atoms with van der Waals surface area (Å²) in [4.78, 5) is 42.1. The van der Waals surface area contributed by atoms with E-state index in [4.69, 9.17) is 23.2 Å². The second kappa shape index (κ2) is 13.9. The number of carbonyl (C=O) groups is 3. The lowest BCUT2D eigenvalue weighted by Gasteiger charge is -2.38. The number of carbonyl (C=O) groups excluding carboxylic acids is 3. The summed E-state index contributed by atoms with van der Waals surface area (Å²) in [6.07, 6.45) is 1.33. The summed E-state index contributed by atoms with van der Waals surface area (Å²) < 4.78 is 13.0. The highest BCUT2D eigenvalue weighted by Gasteiger charge is 2.55. The van der Waals surface area contributed by atoms with Crippen LogP contribution in [0.15, 0.2) is 77.9 Å². The molecule has 0 spiro atoms. The smallest absolute Gasteiger partial charge is 0.315 e. The summed E-state index contributed by atoms with van der Waals surface area (Å²) in [6, 6.07) is 17.4. The van der Waals surface area contributed by atoms with Crippen LogP contribution in [-0.2, 0) is 4.79 Å². The van der Waals surface area contributed by atoms with Crippen molar-refractivity contribution in [3.8, 4) is 0 Å². The first-order chi connectivity index (χ1) is 20.5. The first-order valence-corrected chi connectivity index (χ1v) is 14.2. The zero-order valence-electron chi connectivity index (χ0n) is 23.5. The summed E-state index contributed by atoms with van der Waals surface area (Å²) in [5.74, 6) is -0.682. The summed E-state index contributed by atoms with van der Waals surface area (Å²) in [5, 5.41) is 19.0. The first kappa shape index (κ1) is 31.7. The lowest BCUT2D eigenvalue weighted by molar-refractivity contribution is -0.121. The average Bonchev–Trinajstić information content (AvgIpc) is 3.16.